The Kier molecular flexibility index (Phi) is 6.47. The van der Waals surface area contributed by atoms with Crippen LogP contribution >= 0.6 is 0 Å². The van der Waals surface area contributed by atoms with Gasteiger partial charge in [-0.2, -0.15) is 0 Å². The van der Waals surface area contributed by atoms with Crippen molar-refractivity contribution >= 4 is 5.91 Å². The number of aliphatic hydroxyl groups is 2. The summed E-state index contributed by atoms with van der Waals surface area (Å²) in [6, 6.07) is -0.147. The molecule has 3 unspecified atom stereocenters. The minimum atomic E-state index is -0.867. The minimum absolute atomic E-state index is 0.0710. The smallest absolute Gasteiger partial charge is 0.237 e. The van der Waals surface area contributed by atoms with Crippen LogP contribution in [0.2, 0.25) is 0 Å². The number of hydrogen-bond acceptors (Lipinski definition) is 4. The number of carbonyl (C=O) groups is 1. The molecule has 1 amide bonds. The van der Waals surface area contributed by atoms with E-state index in [-0.39, 0.29) is 25.1 Å². The second-order valence-electron chi connectivity index (χ2n) is 4.77. The molecular formula is C12H24N2O3. The summed E-state index contributed by atoms with van der Waals surface area (Å²) < 4.78 is 0. The Labute approximate surface area is 103 Å². The maximum atomic E-state index is 11.8. The Hall–Kier alpha value is -0.650. The van der Waals surface area contributed by atoms with Crippen molar-refractivity contribution in [3.63, 3.8) is 0 Å². The first-order chi connectivity index (χ1) is 8.17. The lowest BCUT2D eigenvalue weighted by atomic mass is 9.88. The molecule has 0 aromatic rings. The summed E-state index contributed by atoms with van der Waals surface area (Å²) >= 11 is 0. The molecule has 5 heteroatoms. The fourth-order valence-electron chi connectivity index (χ4n) is 2.27. The zero-order valence-corrected chi connectivity index (χ0v) is 10.5. The molecule has 0 spiro atoms. The van der Waals surface area contributed by atoms with E-state index in [1.807, 2.05) is 0 Å². The van der Waals surface area contributed by atoms with Gasteiger partial charge in [0.25, 0.3) is 0 Å². The van der Waals surface area contributed by atoms with E-state index in [2.05, 4.69) is 17.6 Å². The molecule has 0 bridgehead atoms. The molecule has 1 saturated heterocycles. The summed E-state index contributed by atoms with van der Waals surface area (Å²) in [5.74, 6) is 0.554. The quantitative estimate of drug-likeness (QED) is 0.513. The molecule has 1 rings (SSSR count). The van der Waals surface area contributed by atoms with Gasteiger partial charge < -0.3 is 20.8 Å². The van der Waals surface area contributed by atoms with Crippen molar-refractivity contribution in [3.8, 4) is 0 Å². The molecule has 0 saturated carbocycles. The molecule has 0 radical (unpaired) electrons. The van der Waals surface area contributed by atoms with Crippen molar-refractivity contribution in [2.24, 2.45) is 5.92 Å². The van der Waals surface area contributed by atoms with Gasteiger partial charge in [0.2, 0.25) is 5.91 Å². The minimum Gasteiger partial charge on any atom is -0.394 e. The number of aliphatic hydroxyl groups excluding tert-OH is 2. The average molecular weight is 244 g/mol. The zero-order chi connectivity index (χ0) is 12.7. The first-order valence-corrected chi connectivity index (χ1v) is 6.47. The maximum Gasteiger partial charge on any atom is 0.237 e. The van der Waals surface area contributed by atoms with E-state index in [9.17, 15) is 4.79 Å². The first kappa shape index (κ1) is 14.4. The molecule has 0 aromatic heterocycles. The van der Waals surface area contributed by atoms with Crippen LogP contribution in [-0.4, -0.2) is 48.0 Å². The van der Waals surface area contributed by atoms with E-state index in [4.69, 9.17) is 10.2 Å². The Balaban J connectivity index is 2.30. The zero-order valence-electron chi connectivity index (χ0n) is 10.5. The third-order valence-corrected chi connectivity index (χ3v) is 3.25. The average Bonchev–Trinajstić information content (AvgIpc) is 2.36. The Morgan fingerprint density at radius 3 is 3.00 bits per heavy atom. The van der Waals surface area contributed by atoms with E-state index >= 15 is 0 Å². The van der Waals surface area contributed by atoms with Gasteiger partial charge in [-0.1, -0.05) is 19.8 Å². The lowest BCUT2D eigenvalue weighted by molar-refractivity contribution is -0.124. The SMILES string of the molecule is CCCC1CCNC(C(=O)NCC(O)CO)C1. The molecule has 17 heavy (non-hydrogen) atoms. The van der Waals surface area contributed by atoms with Crippen molar-refractivity contribution < 1.29 is 15.0 Å². The van der Waals surface area contributed by atoms with Crippen LogP contribution in [0.15, 0.2) is 0 Å². The molecule has 1 aliphatic rings. The second kappa shape index (κ2) is 7.63. The molecular weight excluding hydrogens is 220 g/mol. The van der Waals surface area contributed by atoms with Crippen LogP contribution in [0, 0.1) is 5.92 Å². The van der Waals surface area contributed by atoms with Crippen LogP contribution in [0.5, 0.6) is 0 Å². The van der Waals surface area contributed by atoms with Crippen molar-refractivity contribution in [1.29, 1.82) is 0 Å². The largest absolute Gasteiger partial charge is 0.394 e. The molecule has 1 aliphatic heterocycles. The summed E-state index contributed by atoms with van der Waals surface area (Å²) in [5.41, 5.74) is 0. The number of rotatable bonds is 6. The van der Waals surface area contributed by atoms with Gasteiger partial charge in [0.1, 0.15) is 0 Å². The van der Waals surface area contributed by atoms with Gasteiger partial charge in [0.15, 0.2) is 0 Å². The van der Waals surface area contributed by atoms with Crippen molar-refractivity contribution in [3.05, 3.63) is 0 Å². The third-order valence-electron chi connectivity index (χ3n) is 3.25. The number of carbonyl (C=O) groups excluding carboxylic acids is 1. The lowest BCUT2D eigenvalue weighted by Crippen LogP contribution is -2.50. The first-order valence-electron chi connectivity index (χ1n) is 6.47. The third kappa shape index (κ3) is 5.02. The molecule has 5 nitrogen and oxygen atoms in total. The number of piperidine rings is 1. The van der Waals surface area contributed by atoms with Crippen molar-refractivity contribution in [1.82, 2.24) is 10.6 Å². The second-order valence-corrected chi connectivity index (χ2v) is 4.77. The van der Waals surface area contributed by atoms with Crippen LogP contribution in [0.4, 0.5) is 0 Å². The Morgan fingerprint density at radius 1 is 1.59 bits per heavy atom. The number of hydrogen-bond donors (Lipinski definition) is 4. The van der Waals surface area contributed by atoms with E-state index in [1.165, 1.54) is 6.42 Å². The fraction of sp³-hybridized carbons (Fsp3) is 0.917. The highest BCUT2D eigenvalue weighted by Gasteiger charge is 2.26. The monoisotopic (exact) mass is 244 g/mol. The van der Waals surface area contributed by atoms with Crippen LogP contribution in [0.3, 0.4) is 0 Å². The molecule has 0 aromatic carbocycles. The fourth-order valence-corrected chi connectivity index (χ4v) is 2.27. The van der Waals surface area contributed by atoms with E-state index in [0.29, 0.717) is 5.92 Å². The summed E-state index contributed by atoms with van der Waals surface area (Å²) in [7, 11) is 0. The molecule has 1 heterocycles. The Morgan fingerprint density at radius 2 is 2.35 bits per heavy atom. The van der Waals surface area contributed by atoms with Gasteiger partial charge in [-0.05, 0) is 25.3 Å². The normalized spacial score (nSPS) is 26.5. The summed E-state index contributed by atoms with van der Waals surface area (Å²) in [4.78, 5) is 11.8. The van der Waals surface area contributed by atoms with Gasteiger partial charge in [-0.15, -0.1) is 0 Å². The van der Waals surface area contributed by atoms with Crippen molar-refractivity contribution in [2.75, 3.05) is 19.7 Å². The highest BCUT2D eigenvalue weighted by atomic mass is 16.3. The summed E-state index contributed by atoms with van der Waals surface area (Å²) in [5, 5.41) is 23.7. The predicted octanol–water partition coefficient (Wildman–Crippen LogP) is -0.376. The molecule has 1 fully saturated rings. The maximum absolute atomic E-state index is 11.8. The molecule has 4 N–H and O–H groups in total. The highest BCUT2D eigenvalue weighted by Crippen LogP contribution is 2.21. The molecule has 100 valence electrons. The van der Waals surface area contributed by atoms with Crippen molar-refractivity contribution in [2.45, 2.75) is 44.8 Å². The number of amides is 1. The van der Waals surface area contributed by atoms with Crippen LogP contribution in [0.25, 0.3) is 0 Å². The van der Waals surface area contributed by atoms with E-state index < -0.39 is 6.10 Å². The van der Waals surface area contributed by atoms with Gasteiger partial charge in [-0.3, -0.25) is 4.79 Å². The predicted molar refractivity (Wildman–Crippen MR) is 65.5 cm³/mol. The standard InChI is InChI=1S/C12H24N2O3/c1-2-3-9-4-5-13-11(6-9)12(17)14-7-10(16)8-15/h9-11,13,15-16H,2-8H2,1H3,(H,14,17). The molecule has 3 atom stereocenters. The van der Waals surface area contributed by atoms with Crippen LogP contribution in [0.1, 0.15) is 32.6 Å². The number of nitrogens with one attached hydrogen (secondary N) is 2. The van der Waals surface area contributed by atoms with Crippen LogP contribution in [-0.2, 0) is 4.79 Å². The van der Waals surface area contributed by atoms with Crippen LogP contribution < -0.4 is 10.6 Å². The van der Waals surface area contributed by atoms with Gasteiger partial charge in [-0.25, -0.2) is 0 Å². The van der Waals surface area contributed by atoms with Gasteiger partial charge in [0.05, 0.1) is 18.8 Å². The van der Waals surface area contributed by atoms with E-state index in [0.717, 1.165) is 25.8 Å². The van der Waals surface area contributed by atoms with Gasteiger partial charge in [0, 0.05) is 6.54 Å². The summed E-state index contributed by atoms with van der Waals surface area (Å²) in [6.45, 7) is 2.84. The lowest BCUT2D eigenvalue weighted by Gasteiger charge is -2.29. The highest BCUT2D eigenvalue weighted by molar-refractivity contribution is 5.81. The van der Waals surface area contributed by atoms with Gasteiger partial charge >= 0.3 is 0 Å². The topological polar surface area (TPSA) is 81.6 Å². The molecule has 0 aliphatic carbocycles. The Bertz CT molecular complexity index is 234. The summed E-state index contributed by atoms with van der Waals surface area (Å²) in [6.07, 6.45) is 3.47. The van der Waals surface area contributed by atoms with E-state index in [1.54, 1.807) is 0 Å².